The number of carbonyl (C=O) groups is 2. The first-order valence-corrected chi connectivity index (χ1v) is 7.59. The van der Waals surface area contributed by atoms with Crippen molar-refractivity contribution in [2.75, 3.05) is 20.2 Å². The van der Waals surface area contributed by atoms with Crippen molar-refractivity contribution < 1.29 is 14.3 Å². The molecule has 0 aliphatic heterocycles. The van der Waals surface area contributed by atoms with Gasteiger partial charge in [0.2, 0.25) is 5.91 Å². The Morgan fingerprint density at radius 3 is 2.57 bits per heavy atom. The molecule has 2 N–H and O–H groups in total. The average molecular weight is 319 g/mol. The van der Waals surface area contributed by atoms with E-state index in [4.69, 9.17) is 4.74 Å². The lowest BCUT2D eigenvalue weighted by atomic mass is 10.2. The summed E-state index contributed by atoms with van der Waals surface area (Å²) in [4.78, 5) is 25.2. The second-order valence-corrected chi connectivity index (χ2v) is 5.18. The zero-order valence-electron chi connectivity index (χ0n) is 14.0. The van der Waals surface area contributed by atoms with E-state index >= 15 is 0 Å². The summed E-state index contributed by atoms with van der Waals surface area (Å²) in [6.07, 6.45) is 1.69. The molecule has 3 amide bonds. The fraction of sp³-hybridized carbons (Fsp3) is 0.412. The number of rotatable bonds is 8. The van der Waals surface area contributed by atoms with Crippen LogP contribution in [0.25, 0.3) is 0 Å². The van der Waals surface area contributed by atoms with Crippen LogP contribution in [0.1, 0.15) is 19.4 Å². The molecule has 0 bridgehead atoms. The Labute approximate surface area is 137 Å². The maximum Gasteiger partial charge on any atom is 0.321 e. The second-order valence-electron chi connectivity index (χ2n) is 5.18. The van der Waals surface area contributed by atoms with Gasteiger partial charge in [-0.2, -0.15) is 0 Å². The fourth-order valence-electron chi connectivity index (χ4n) is 1.89. The third-order valence-corrected chi connectivity index (χ3v) is 3.34. The van der Waals surface area contributed by atoms with Gasteiger partial charge >= 0.3 is 6.03 Å². The first-order chi connectivity index (χ1) is 11.0. The van der Waals surface area contributed by atoms with Crippen molar-refractivity contribution in [2.24, 2.45) is 0 Å². The van der Waals surface area contributed by atoms with Crippen LogP contribution >= 0.6 is 0 Å². The highest BCUT2D eigenvalue weighted by atomic mass is 16.5. The Bertz CT molecular complexity index is 528. The van der Waals surface area contributed by atoms with E-state index in [9.17, 15) is 9.59 Å². The number of benzene rings is 1. The number of nitrogens with zero attached hydrogens (tertiary/aromatic N) is 1. The van der Waals surface area contributed by atoms with Crippen molar-refractivity contribution in [3.63, 3.8) is 0 Å². The summed E-state index contributed by atoms with van der Waals surface area (Å²) < 4.78 is 5.43. The average Bonchev–Trinajstić information content (AvgIpc) is 2.53. The molecule has 126 valence electrons. The summed E-state index contributed by atoms with van der Waals surface area (Å²) >= 11 is 0. The van der Waals surface area contributed by atoms with Crippen molar-refractivity contribution >= 4 is 11.9 Å². The topological polar surface area (TPSA) is 70.7 Å². The third kappa shape index (κ3) is 6.52. The second kappa shape index (κ2) is 9.63. The molecule has 0 aliphatic carbocycles. The largest absolute Gasteiger partial charge is 0.490 e. The Kier molecular flexibility index (Phi) is 7.83. The minimum atomic E-state index is -0.471. The van der Waals surface area contributed by atoms with Crippen LogP contribution in [0.2, 0.25) is 0 Å². The van der Waals surface area contributed by atoms with Gasteiger partial charge in [-0.25, -0.2) is 4.79 Å². The summed E-state index contributed by atoms with van der Waals surface area (Å²) in [5, 5.41) is 4.85. The highest BCUT2D eigenvalue weighted by Crippen LogP contribution is 2.14. The van der Waals surface area contributed by atoms with Crippen molar-refractivity contribution in [3.05, 3.63) is 42.5 Å². The number of carbonyl (C=O) groups excluding carboxylic acids is 2. The quantitative estimate of drug-likeness (QED) is 0.718. The predicted molar refractivity (Wildman–Crippen MR) is 90.3 cm³/mol. The highest BCUT2D eigenvalue weighted by Gasteiger charge is 2.19. The minimum Gasteiger partial charge on any atom is -0.490 e. The van der Waals surface area contributed by atoms with Gasteiger partial charge in [-0.05, 0) is 38.6 Å². The van der Waals surface area contributed by atoms with E-state index in [0.29, 0.717) is 19.7 Å². The zero-order chi connectivity index (χ0) is 17.2. The summed E-state index contributed by atoms with van der Waals surface area (Å²) in [5.74, 6) is 0.447. The van der Waals surface area contributed by atoms with E-state index in [1.165, 1.54) is 0 Å². The van der Waals surface area contributed by atoms with E-state index in [-0.39, 0.29) is 5.91 Å². The molecule has 23 heavy (non-hydrogen) atoms. The van der Waals surface area contributed by atoms with Crippen molar-refractivity contribution in [3.8, 4) is 5.75 Å². The first kappa shape index (κ1) is 18.7. The van der Waals surface area contributed by atoms with E-state index in [2.05, 4.69) is 17.2 Å². The summed E-state index contributed by atoms with van der Waals surface area (Å²) in [6, 6.07) is 6.76. The van der Waals surface area contributed by atoms with E-state index < -0.39 is 12.1 Å². The molecule has 0 aliphatic rings. The molecule has 1 unspecified atom stereocenters. The molecule has 0 saturated carbocycles. The SMILES string of the molecule is C=CCOc1ccc(CN(C)C(C)C(=O)NC(=O)NCC)cc1. The third-order valence-electron chi connectivity index (χ3n) is 3.34. The first-order valence-electron chi connectivity index (χ1n) is 7.59. The van der Waals surface area contributed by atoms with Crippen LogP contribution in [0.15, 0.2) is 36.9 Å². The number of nitrogens with one attached hydrogen (secondary N) is 2. The monoisotopic (exact) mass is 319 g/mol. The molecule has 6 heteroatoms. The number of hydrogen-bond donors (Lipinski definition) is 2. The van der Waals surface area contributed by atoms with Crippen LogP contribution in [0, 0.1) is 0 Å². The molecule has 1 aromatic carbocycles. The number of urea groups is 1. The van der Waals surface area contributed by atoms with E-state index in [1.54, 1.807) is 19.9 Å². The van der Waals surface area contributed by atoms with Crippen LogP contribution in [-0.4, -0.2) is 43.1 Å². The molecule has 0 saturated heterocycles. The van der Waals surface area contributed by atoms with Gasteiger partial charge in [-0.3, -0.25) is 15.0 Å². The van der Waals surface area contributed by atoms with Crippen LogP contribution in [0.5, 0.6) is 5.75 Å². The molecule has 0 fully saturated rings. The normalized spacial score (nSPS) is 11.7. The van der Waals surface area contributed by atoms with E-state index in [0.717, 1.165) is 11.3 Å². The van der Waals surface area contributed by atoms with Gasteiger partial charge < -0.3 is 10.1 Å². The maximum atomic E-state index is 12.0. The Hall–Kier alpha value is -2.34. The number of hydrogen-bond acceptors (Lipinski definition) is 4. The van der Waals surface area contributed by atoms with Gasteiger partial charge in [0.1, 0.15) is 12.4 Å². The molecule has 1 aromatic rings. The van der Waals surface area contributed by atoms with Crippen molar-refractivity contribution in [1.29, 1.82) is 0 Å². The summed E-state index contributed by atoms with van der Waals surface area (Å²) in [7, 11) is 1.84. The predicted octanol–water partition coefficient (Wildman–Crippen LogP) is 1.92. The van der Waals surface area contributed by atoms with Gasteiger partial charge in [0.25, 0.3) is 0 Å². The Morgan fingerprint density at radius 1 is 1.35 bits per heavy atom. The van der Waals surface area contributed by atoms with Crippen LogP contribution < -0.4 is 15.4 Å². The molecule has 0 aromatic heterocycles. The van der Waals surface area contributed by atoms with Gasteiger partial charge in [-0.15, -0.1) is 0 Å². The lowest BCUT2D eigenvalue weighted by Gasteiger charge is -2.23. The summed E-state index contributed by atoms with van der Waals surface area (Å²) in [5.41, 5.74) is 1.05. The lowest BCUT2D eigenvalue weighted by Crippen LogP contribution is -2.48. The number of ether oxygens (including phenoxy) is 1. The van der Waals surface area contributed by atoms with Crippen LogP contribution in [0.4, 0.5) is 4.79 Å². The van der Waals surface area contributed by atoms with E-state index in [1.807, 2.05) is 36.2 Å². The Balaban J connectivity index is 2.53. The van der Waals surface area contributed by atoms with Crippen LogP contribution in [-0.2, 0) is 11.3 Å². The lowest BCUT2D eigenvalue weighted by molar-refractivity contribution is -0.124. The van der Waals surface area contributed by atoms with Crippen molar-refractivity contribution in [2.45, 2.75) is 26.4 Å². The molecule has 0 radical (unpaired) electrons. The molecule has 1 rings (SSSR count). The molecular formula is C17H25N3O3. The molecular weight excluding hydrogens is 294 g/mol. The molecule has 6 nitrogen and oxygen atoms in total. The zero-order valence-corrected chi connectivity index (χ0v) is 14.0. The summed E-state index contributed by atoms with van der Waals surface area (Å²) in [6.45, 7) is 8.69. The fourth-order valence-corrected chi connectivity index (χ4v) is 1.89. The maximum absolute atomic E-state index is 12.0. The van der Waals surface area contributed by atoms with Gasteiger partial charge in [0, 0.05) is 13.1 Å². The number of amides is 3. The van der Waals surface area contributed by atoms with Gasteiger partial charge in [-0.1, -0.05) is 24.8 Å². The van der Waals surface area contributed by atoms with Crippen LogP contribution in [0.3, 0.4) is 0 Å². The minimum absolute atomic E-state index is 0.329. The molecule has 1 atom stereocenters. The molecule has 0 heterocycles. The van der Waals surface area contributed by atoms with Crippen molar-refractivity contribution in [1.82, 2.24) is 15.5 Å². The van der Waals surface area contributed by atoms with Gasteiger partial charge in [0.05, 0.1) is 6.04 Å². The smallest absolute Gasteiger partial charge is 0.321 e. The Morgan fingerprint density at radius 2 is 2.00 bits per heavy atom. The standard InChI is InChI=1S/C17H25N3O3/c1-5-11-23-15-9-7-14(8-10-15)12-20(4)13(3)16(21)19-17(22)18-6-2/h5,7-10,13H,1,6,11-12H2,2-4H3,(H2,18,19,21,22). The number of imide groups is 1. The molecule has 0 spiro atoms. The number of likely N-dealkylation sites (N-methyl/N-ethyl adjacent to an activating group) is 1. The van der Waals surface area contributed by atoms with Gasteiger partial charge in [0.15, 0.2) is 0 Å². The highest BCUT2D eigenvalue weighted by molar-refractivity contribution is 5.96.